The van der Waals surface area contributed by atoms with E-state index in [0.717, 1.165) is 11.1 Å². The van der Waals surface area contributed by atoms with Crippen LogP contribution in [0.25, 0.3) is 6.08 Å². The molecule has 164 valence electrons. The van der Waals surface area contributed by atoms with Crippen molar-refractivity contribution >= 4 is 45.6 Å². The van der Waals surface area contributed by atoms with Gasteiger partial charge in [0.2, 0.25) is 0 Å². The summed E-state index contributed by atoms with van der Waals surface area (Å²) < 4.78 is 6.68. The molecule has 2 aliphatic heterocycles. The van der Waals surface area contributed by atoms with E-state index in [-0.39, 0.29) is 17.0 Å². The third-order valence-corrected chi connectivity index (χ3v) is 7.71. The number of hydrogen-bond donors (Lipinski definition) is 0. The summed E-state index contributed by atoms with van der Waals surface area (Å²) in [6, 6.07) is 24.8. The van der Waals surface area contributed by atoms with Crippen molar-refractivity contribution in [1.82, 2.24) is 9.88 Å². The van der Waals surface area contributed by atoms with E-state index in [1.165, 1.54) is 4.90 Å². The number of nitrogens with zero attached hydrogens (tertiary/aromatic N) is 2. The van der Waals surface area contributed by atoms with Gasteiger partial charge in [-0.05, 0) is 29.3 Å². The average molecular weight is 519 g/mol. The van der Waals surface area contributed by atoms with Crippen molar-refractivity contribution in [2.45, 2.75) is 11.5 Å². The molecule has 5 nitrogen and oxygen atoms in total. The molecular formula is C26H19BrN2O3S. The van der Waals surface area contributed by atoms with Gasteiger partial charge < -0.3 is 4.74 Å². The minimum absolute atomic E-state index is 0.210. The molecule has 0 saturated carbocycles. The Hall–Kier alpha value is -3.16. The minimum Gasteiger partial charge on any atom is -0.448 e. The zero-order valence-corrected chi connectivity index (χ0v) is 19.8. The van der Waals surface area contributed by atoms with Crippen molar-refractivity contribution in [1.29, 1.82) is 0 Å². The first kappa shape index (κ1) is 21.7. The molecule has 0 N–H and O–H groups in total. The maximum atomic E-state index is 13.4. The van der Waals surface area contributed by atoms with Crippen LogP contribution in [0.1, 0.15) is 22.9 Å². The van der Waals surface area contributed by atoms with E-state index in [1.54, 1.807) is 24.0 Å². The van der Waals surface area contributed by atoms with Gasteiger partial charge in [0.15, 0.2) is 6.10 Å². The fraction of sp³-hybridized carbons (Fsp3) is 0.115. The lowest BCUT2D eigenvalue weighted by atomic mass is 10.0. The lowest BCUT2D eigenvalue weighted by Gasteiger charge is -2.45. The van der Waals surface area contributed by atoms with Gasteiger partial charge in [-0.2, -0.15) is 0 Å². The Morgan fingerprint density at radius 1 is 1.03 bits per heavy atom. The summed E-state index contributed by atoms with van der Waals surface area (Å²) >= 11 is 5.09. The van der Waals surface area contributed by atoms with E-state index in [0.29, 0.717) is 21.5 Å². The highest BCUT2D eigenvalue weighted by molar-refractivity contribution is 9.11. The molecule has 2 aliphatic rings. The molecule has 1 aromatic heterocycles. The molecule has 0 bridgehead atoms. The second-order valence-corrected chi connectivity index (χ2v) is 9.58. The third-order valence-electron chi connectivity index (χ3n) is 5.45. The molecule has 5 rings (SSSR count). The van der Waals surface area contributed by atoms with Crippen molar-refractivity contribution in [3.8, 4) is 0 Å². The van der Waals surface area contributed by atoms with Gasteiger partial charge in [0.1, 0.15) is 11.1 Å². The van der Waals surface area contributed by atoms with Gasteiger partial charge in [-0.1, -0.05) is 82.7 Å². The van der Waals surface area contributed by atoms with Crippen LogP contribution in [0.15, 0.2) is 101 Å². The number of benzene rings is 2. The summed E-state index contributed by atoms with van der Waals surface area (Å²) in [5.41, 5.74) is 3.33. The van der Waals surface area contributed by atoms with Gasteiger partial charge in [0.05, 0.1) is 11.3 Å². The summed E-state index contributed by atoms with van der Waals surface area (Å²) in [7, 11) is 0. The van der Waals surface area contributed by atoms with Gasteiger partial charge in [0.25, 0.3) is 5.91 Å². The van der Waals surface area contributed by atoms with E-state index in [9.17, 15) is 9.59 Å². The number of pyridine rings is 1. The zero-order valence-electron chi connectivity index (χ0n) is 17.4. The Morgan fingerprint density at radius 3 is 2.27 bits per heavy atom. The average Bonchev–Trinajstić information content (AvgIpc) is 2.87. The molecule has 0 radical (unpaired) electrons. The number of thioether (sulfide) groups is 1. The van der Waals surface area contributed by atoms with Crippen LogP contribution in [-0.2, 0) is 14.3 Å². The van der Waals surface area contributed by atoms with Crippen LogP contribution in [0.3, 0.4) is 0 Å². The number of carbonyl (C=O) groups excluding carboxylic acids is 2. The van der Waals surface area contributed by atoms with Crippen LogP contribution in [0.4, 0.5) is 0 Å². The van der Waals surface area contributed by atoms with Gasteiger partial charge in [-0.25, -0.2) is 4.79 Å². The second kappa shape index (κ2) is 9.37. The smallest absolute Gasteiger partial charge is 0.356 e. The predicted octanol–water partition coefficient (Wildman–Crippen LogP) is 5.32. The maximum Gasteiger partial charge on any atom is 0.356 e. The van der Waals surface area contributed by atoms with E-state index in [4.69, 9.17) is 4.74 Å². The molecule has 0 spiro atoms. The van der Waals surface area contributed by atoms with Crippen molar-refractivity contribution in [2.24, 2.45) is 0 Å². The van der Waals surface area contributed by atoms with Crippen LogP contribution < -0.4 is 0 Å². The molecule has 1 saturated heterocycles. The lowest BCUT2D eigenvalue weighted by Crippen LogP contribution is -2.56. The van der Waals surface area contributed by atoms with Crippen LogP contribution >= 0.6 is 27.7 Å². The first-order valence-corrected chi connectivity index (χ1v) is 12.2. The predicted molar refractivity (Wildman–Crippen MR) is 132 cm³/mol. The van der Waals surface area contributed by atoms with E-state index >= 15 is 0 Å². The monoisotopic (exact) mass is 518 g/mol. The first-order chi connectivity index (χ1) is 16.1. The Kier molecular flexibility index (Phi) is 6.15. The van der Waals surface area contributed by atoms with E-state index in [1.807, 2.05) is 78.9 Å². The Balaban J connectivity index is 1.43. The molecular weight excluding hydrogens is 500 g/mol. The normalized spacial score (nSPS) is 18.8. The van der Waals surface area contributed by atoms with Crippen molar-refractivity contribution in [3.63, 3.8) is 0 Å². The summed E-state index contributed by atoms with van der Waals surface area (Å²) in [5, 5.41) is -0.241. The highest BCUT2D eigenvalue weighted by atomic mass is 79.9. The standard InChI is InChI=1S/C26H19BrN2O3S/c27-21-16-33-25-20(15-19-13-7-8-14-28-19)24(30)29(25)22(21)26(31)32-23(17-9-3-1-4-10-17)18-11-5-2-6-12-18/h1-15,23,25H,16H2/b20-15-/t25-/m1/s1. The topological polar surface area (TPSA) is 59.5 Å². The molecule has 33 heavy (non-hydrogen) atoms. The van der Waals surface area contributed by atoms with E-state index < -0.39 is 12.1 Å². The number of aromatic nitrogens is 1. The summed E-state index contributed by atoms with van der Waals surface area (Å²) in [5.74, 6) is -0.174. The minimum atomic E-state index is -0.583. The molecule has 3 aromatic rings. The number of halogens is 1. The number of β-lactam (4-membered cyclic amide) rings is 1. The molecule has 1 amide bonds. The Labute approximate surface area is 204 Å². The number of ether oxygens (including phenoxy) is 1. The number of carbonyl (C=O) groups is 2. The first-order valence-electron chi connectivity index (χ1n) is 10.4. The largest absolute Gasteiger partial charge is 0.448 e. The lowest BCUT2D eigenvalue weighted by molar-refractivity contribution is -0.148. The third kappa shape index (κ3) is 4.26. The Bertz CT molecular complexity index is 1210. The van der Waals surface area contributed by atoms with E-state index in [2.05, 4.69) is 20.9 Å². The molecule has 2 aromatic carbocycles. The maximum absolute atomic E-state index is 13.4. The van der Waals surface area contributed by atoms with Gasteiger partial charge >= 0.3 is 5.97 Å². The fourth-order valence-electron chi connectivity index (χ4n) is 3.87. The van der Waals surface area contributed by atoms with Crippen molar-refractivity contribution in [3.05, 3.63) is 118 Å². The van der Waals surface area contributed by atoms with Crippen LogP contribution in [0.5, 0.6) is 0 Å². The number of fused-ring (bicyclic) bond motifs is 1. The van der Waals surface area contributed by atoms with Gasteiger partial charge in [0, 0.05) is 16.4 Å². The molecule has 0 unspecified atom stereocenters. The molecule has 1 fully saturated rings. The van der Waals surface area contributed by atoms with Crippen LogP contribution in [0, 0.1) is 0 Å². The van der Waals surface area contributed by atoms with Crippen molar-refractivity contribution < 1.29 is 14.3 Å². The number of rotatable bonds is 5. The zero-order chi connectivity index (χ0) is 22.8. The molecule has 1 atom stereocenters. The second-order valence-electron chi connectivity index (χ2n) is 7.55. The highest BCUT2D eigenvalue weighted by Gasteiger charge is 2.50. The number of esters is 1. The Morgan fingerprint density at radius 2 is 1.67 bits per heavy atom. The number of hydrogen-bond acceptors (Lipinski definition) is 5. The molecule has 7 heteroatoms. The van der Waals surface area contributed by atoms with Crippen molar-refractivity contribution in [2.75, 3.05) is 5.75 Å². The highest BCUT2D eigenvalue weighted by Crippen LogP contribution is 2.46. The van der Waals surface area contributed by atoms with Crippen LogP contribution in [0.2, 0.25) is 0 Å². The summed E-state index contributed by atoms with van der Waals surface area (Å²) in [6.45, 7) is 0. The fourth-order valence-corrected chi connectivity index (χ4v) is 5.76. The SMILES string of the molecule is O=C(OC(c1ccccc1)c1ccccc1)C1=C(Br)CS[C@@H]2/C(=C\c3ccccn3)C(=O)N12. The molecule has 3 heterocycles. The quantitative estimate of drug-likeness (QED) is 0.260. The van der Waals surface area contributed by atoms with Gasteiger partial charge in [-0.3, -0.25) is 14.7 Å². The van der Waals surface area contributed by atoms with Crippen LogP contribution in [-0.4, -0.2) is 32.9 Å². The summed E-state index contributed by atoms with van der Waals surface area (Å²) in [6.07, 6.45) is 2.89. The van der Waals surface area contributed by atoms with Gasteiger partial charge in [-0.15, -0.1) is 11.8 Å². The summed E-state index contributed by atoms with van der Waals surface area (Å²) in [4.78, 5) is 32.3. The molecule has 0 aliphatic carbocycles. The number of amides is 1.